The summed E-state index contributed by atoms with van der Waals surface area (Å²) in [4.78, 5) is 22.3. The van der Waals surface area contributed by atoms with Gasteiger partial charge in [-0.3, -0.25) is 4.79 Å². The van der Waals surface area contributed by atoms with Crippen molar-refractivity contribution in [2.24, 2.45) is 0 Å². The van der Waals surface area contributed by atoms with Gasteiger partial charge in [0.25, 0.3) is 0 Å². The number of anilines is 3. The summed E-state index contributed by atoms with van der Waals surface area (Å²) in [6.45, 7) is 9.40. The van der Waals surface area contributed by atoms with Crippen LogP contribution in [0.5, 0.6) is 0 Å². The number of nitrogens with zero attached hydrogens (tertiary/aromatic N) is 3. The Bertz CT molecular complexity index is 1180. The van der Waals surface area contributed by atoms with Crippen molar-refractivity contribution in [2.45, 2.75) is 46.5 Å². The van der Waals surface area contributed by atoms with Crippen LogP contribution in [0.25, 0.3) is 16.3 Å². The number of pyridine rings is 1. The molecular formula is C28H37N5O2S. The first-order chi connectivity index (χ1) is 17.5. The number of rotatable bonds is 9. The number of thiazole rings is 1. The van der Waals surface area contributed by atoms with Gasteiger partial charge in [-0.2, -0.15) is 0 Å². The summed E-state index contributed by atoms with van der Waals surface area (Å²) < 4.78 is 6.26. The van der Waals surface area contributed by atoms with Crippen molar-refractivity contribution >= 4 is 50.7 Å². The molecule has 3 N–H and O–H groups in total. The van der Waals surface area contributed by atoms with E-state index in [9.17, 15) is 4.79 Å². The minimum atomic E-state index is 0.199. The highest BCUT2D eigenvalue weighted by molar-refractivity contribution is 7.16. The summed E-state index contributed by atoms with van der Waals surface area (Å²) >= 11 is 1.61. The molecule has 1 aliphatic rings. The normalized spacial score (nSPS) is 13.4. The summed E-state index contributed by atoms with van der Waals surface area (Å²) in [5, 5.41) is 3.45. The fourth-order valence-corrected chi connectivity index (χ4v) is 4.45. The van der Waals surface area contributed by atoms with Crippen molar-refractivity contribution < 1.29 is 9.53 Å². The lowest BCUT2D eigenvalue weighted by Crippen LogP contribution is -2.34. The lowest BCUT2D eigenvalue weighted by atomic mass is 10.1. The first-order valence-corrected chi connectivity index (χ1v) is 13.5. The van der Waals surface area contributed by atoms with Crippen LogP contribution in [-0.2, 0) is 9.53 Å². The van der Waals surface area contributed by atoms with Gasteiger partial charge in [0.1, 0.15) is 5.82 Å². The number of allylic oxidation sites excluding steroid dienone is 1. The Kier molecular flexibility index (Phi) is 10.9. The van der Waals surface area contributed by atoms with E-state index in [0.717, 1.165) is 66.2 Å². The Morgan fingerprint density at radius 3 is 2.67 bits per heavy atom. The summed E-state index contributed by atoms with van der Waals surface area (Å²) in [5.41, 5.74) is 12.9. The first-order valence-electron chi connectivity index (χ1n) is 12.6. The number of nitrogens with two attached hydrogens (primary N) is 1. The number of hydrogen-bond donors (Lipinski definition) is 2. The van der Waals surface area contributed by atoms with Gasteiger partial charge < -0.3 is 20.7 Å². The molecule has 0 aliphatic carbocycles. The molecule has 1 amide bonds. The number of hydrogen-bond acceptors (Lipinski definition) is 7. The minimum absolute atomic E-state index is 0.199. The number of ether oxygens (including phenoxy) is 1. The molecule has 192 valence electrons. The topological polar surface area (TPSA) is 93.4 Å². The van der Waals surface area contributed by atoms with Crippen LogP contribution in [-0.4, -0.2) is 47.1 Å². The maximum absolute atomic E-state index is 11.8. The quantitative estimate of drug-likeness (QED) is 0.325. The summed E-state index contributed by atoms with van der Waals surface area (Å²) in [5.74, 6) is 0.675. The highest BCUT2D eigenvalue weighted by Gasteiger charge is 2.14. The van der Waals surface area contributed by atoms with Crippen LogP contribution < -0.4 is 11.1 Å². The highest BCUT2D eigenvalue weighted by atomic mass is 32.1. The Morgan fingerprint density at radius 2 is 1.97 bits per heavy atom. The standard InChI is InChI=1S/C22H23N5OS.C6H14O/c1-2-21(28)27-11-8-15(9-12-27)3-5-17-18(7-10-24-22(17)23)26-16-4-6-19-20(13-16)29-14-25-19;1-3-5-7-6-4-2/h3-8,10,13-14H,2,9,11-12H2,1H3,(H3,23,24,26);3-6H2,1-2H3/b5-3+;. The Balaban J connectivity index is 0.000000454. The first kappa shape index (κ1) is 27.4. The zero-order valence-electron chi connectivity index (χ0n) is 21.5. The second-order valence-electron chi connectivity index (χ2n) is 8.49. The van der Waals surface area contributed by atoms with E-state index in [1.807, 2.05) is 41.6 Å². The molecule has 0 unspecified atom stereocenters. The lowest BCUT2D eigenvalue weighted by molar-refractivity contribution is -0.130. The number of amides is 1. The van der Waals surface area contributed by atoms with E-state index >= 15 is 0 Å². The van der Waals surface area contributed by atoms with E-state index < -0.39 is 0 Å². The molecule has 1 aromatic carbocycles. The lowest BCUT2D eigenvalue weighted by Gasteiger charge is -2.25. The summed E-state index contributed by atoms with van der Waals surface area (Å²) in [7, 11) is 0. The van der Waals surface area contributed by atoms with Gasteiger partial charge in [-0.1, -0.05) is 32.9 Å². The Hall–Kier alpha value is -3.23. The molecule has 4 rings (SSSR count). The molecule has 0 saturated heterocycles. The maximum atomic E-state index is 11.8. The molecule has 8 heteroatoms. The minimum Gasteiger partial charge on any atom is -0.383 e. The monoisotopic (exact) mass is 507 g/mol. The van der Waals surface area contributed by atoms with Crippen LogP contribution in [0.15, 0.2) is 53.7 Å². The molecular weight excluding hydrogens is 470 g/mol. The number of fused-ring (bicyclic) bond motifs is 1. The van der Waals surface area contributed by atoms with E-state index in [2.05, 4.69) is 47.4 Å². The summed E-state index contributed by atoms with van der Waals surface area (Å²) in [6, 6.07) is 8.02. The van der Waals surface area contributed by atoms with Crippen molar-refractivity contribution in [3.63, 3.8) is 0 Å². The molecule has 0 bridgehead atoms. The maximum Gasteiger partial charge on any atom is 0.222 e. The van der Waals surface area contributed by atoms with Crippen LogP contribution in [0.4, 0.5) is 17.2 Å². The fraction of sp³-hybridized carbons (Fsp3) is 0.393. The molecule has 0 fully saturated rings. The number of aromatic nitrogens is 2. The molecule has 36 heavy (non-hydrogen) atoms. The van der Waals surface area contributed by atoms with E-state index in [-0.39, 0.29) is 5.91 Å². The molecule has 2 aromatic heterocycles. The highest BCUT2D eigenvalue weighted by Crippen LogP contribution is 2.29. The predicted octanol–water partition coefficient (Wildman–Crippen LogP) is 6.42. The number of benzene rings is 1. The largest absolute Gasteiger partial charge is 0.383 e. The van der Waals surface area contributed by atoms with E-state index in [0.29, 0.717) is 18.8 Å². The van der Waals surface area contributed by atoms with Crippen molar-refractivity contribution in [2.75, 3.05) is 37.4 Å². The molecule has 0 atom stereocenters. The third kappa shape index (κ3) is 7.90. The Labute approximate surface area is 218 Å². The molecule has 0 saturated carbocycles. The van der Waals surface area contributed by atoms with Crippen LogP contribution >= 0.6 is 11.3 Å². The van der Waals surface area contributed by atoms with Gasteiger partial charge >= 0.3 is 0 Å². The zero-order chi connectivity index (χ0) is 25.8. The Morgan fingerprint density at radius 1 is 1.17 bits per heavy atom. The summed E-state index contributed by atoms with van der Waals surface area (Å²) in [6.07, 6.45) is 11.5. The third-order valence-corrected chi connectivity index (χ3v) is 6.48. The van der Waals surface area contributed by atoms with Crippen LogP contribution in [0.3, 0.4) is 0 Å². The molecule has 0 radical (unpaired) electrons. The van der Waals surface area contributed by atoms with Gasteiger partial charge in [-0.25, -0.2) is 9.97 Å². The van der Waals surface area contributed by atoms with Crippen LogP contribution in [0.2, 0.25) is 0 Å². The molecule has 0 spiro atoms. The van der Waals surface area contributed by atoms with Gasteiger partial charge in [-0.05, 0) is 55.2 Å². The van der Waals surface area contributed by atoms with E-state index in [4.69, 9.17) is 10.5 Å². The smallest absolute Gasteiger partial charge is 0.222 e. The average Bonchev–Trinajstić information content (AvgIpc) is 3.37. The molecule has 1 aliphatic heterocycles. The SMILES string of the molecule is CCC(=O)N1CC=C(/C=C/c2c(Nc3ccc4ncsc4c3)ccnc2N)CC1.CCCOCCC. The van der Waals surface area contributed by atoms with E-state index in [1.165, 1.54) is 5.57 Å². The number of nitrogen functional groups attached to an aromatic ring is 1. The number of carbonyl (C=O) groups excluding carboxylic acids is 1. The van der Waals surface area contributed by atoms with Gasteiger partial charge in [0.05, 0.1) is 21.4 Å². The number of carbonyl (C=O) groups is 1. The van der Waals surface area contributed by atoms with Gasteiger partial charge in [0.15, 0.2) is 0 Å². The van der Waals surface area contributed by atoms with Gasteiger partial charge in [0.2, 0.25) is 5.91 Å². The molecule has 3 aromatic rings. The van der Waals surface area contributed by atoms with Gasteiger partial charge in [0, 0.05) is 50.2 Å². The second kappa shape index (κ2) is 14.4. The number of nitrogens with one attached hydrogen (secondary N) is 1. The third-order valence-electron chi connectivity index (χ3n) is 5.69. The van der Waals surface area contributed by atoms with Crippen molar-refractivity contribution in [1.82, 2.24) is 14.9 Å². The van der Waals surface area contributed by atoms with Gasteiger partial charge in [-0.15, -0.1) is 11.3 Å². The van der Waals surface area contributed by atoms with E-state index in [1.54, 1.807) is 17.5 Å². The van der Waals surface area contributed by atoms with Crippen molar-refractivity contribution in [3.8, 4) is 0 Å². The molecule has 3 heterocycles. The van der Waals surface area contributed by atoms with Crippen LogP contribution in [0, 0.1) is 0 Å². The predicted molar refractivity (Wildman–Crippen MR) is 152 cm³/mol. The fourth-order valence-electron chi connectivity index (χ4n) is 3.73. The second-order valence-corrected chi connectivity index (χ2v) is 9.37. The van der Waals surface area contributed by atoms with Crippen LogP contribution in [0.1, 0.15) is 52.0 Å². The van der Waals surface area contributed by atoms with Crippen molar-refractivity contribution in [1.29, 1.82) is 0 Å². The average molecular weight is 508 g/mol. The van der Waals surface area contributed by atoms with Crippen molar-refractivity contribution in [3.05, 3.63) is 59.3 Å². The zero-order valence-corrected chi connectivity index (χ0v) is 22.3. The molecule has 7 nitrogen and oxygen atoms in total.